The van der Waals surface area contributed by atoms with Crippen LogP contribution in [0.2, 0.25) is 0 Å². The van der Waals surface area contributed by atoms with Gasteiger partial charge in [-0.05, 0) is 58.5 Å². The Labute approximate surface area is 221 Å². The molecule has 0 bridgehead atoms. The summed E-state index contributed by atoms with van der Waals surface area (Å²) in [6.45, 7) is 0.967. The molecule has 38 heavy (non-hydrogen) atoms. The van der Waals surface area contributed by atoms with Crippen molar-refractivity contribution in [2.24, 2.45) is 0 Å². The summed E-state index contributed by atoms with van der Waals surface area (Å²) in [4.78, 5) is 32.7. The first kappa shape index (κ1) is 24.5. The van der Waals surface area contributed by atoms with Crippen LogP contribution in [0.4, 0.5) is 0 Å². The predicted octanol–water partition coefficient (Wildman–Crippen LogP) is 3.91. The number of carbonyl (C=O) groups excluding carboxylic acids is 1. The SMILES string of the molecule is C#C[C@H](Oc1cc(Oc2cncnc2)nc(-c2noc3c2CCC[C@@]32CCCCC2=O)n1)[C@@H]1CCCN1C. The topological polar surface area (TPSA) is 116 Å². The van der Waals surface area contributed by atoms with Crippen molar-refractivity contribution < 1.29 is 18.8 Å². The molecule has 3 atom stereocenters. The zero-order chi connectivity index (χ0) is 26.1. The number of ether oxygens (including phenoxy) is 2. The monoisotopic (exact) mass is 514 g/mol. The van der Waals surface area contributed by atoms with Crippen LogP contribution in [-0.4, -0.2) is 61.5 Å². The summed E-state index contributed by atoms with van der Waals surface area (Å²) in [5.41, 5.74) is 0.807. The average Bonchev–Trinajstić information content (AvgIpc) is 3.57. The summed E-state index contributed by atoms with van der Waals surface area (Å²) in [5.74, 6) is 4.94. The number of likely N-dealkylation sites (tertiary alicyclic amines) is 1. The Bertz CT molecular complexity index is 1370. The van der Waals surface area contributed by atoms with Gasteiger partial charge in [0.05, 0.1) is 29.9 Å². The van der Waals surface area contributed by atoms with Crippen molar-refractivity contribution >= 4 is 5.78 Å². The molecule has 1 saturated carbocycles. The van der Waals surface area contributed by atoms with Crippen LogP contribution >= 0.6 is 0 Å². The van der Waals surface area contributed by atoms with Crippen molar-refractivity contribution in [3.8, 4) is 41.4 Å². The zero-order valence-electron chi connectivity index (χ0n) is 21.4. The van der Waals surface area contributed by atoms with Crippen LogP contribution in [-0.2, 0) is 16.6 Å². The average molecular weight is 515 g/mol. The molecule has 4 heterocycles. The number of terminal acetylenes is 1. The highest BCUT2D eigenvalue weighted by atomic mass is 16.5. The lowest BCUT2D eigenvalue weighted by atomic mass is 9.64. The smallest absolute Gasteiger partial charge is 0.226 e. The van der Waals surface area contributed by atoms with E-state index in [4.69, 9.17) is 25.4 Å². The van der Waals surface area contributed by atoms with Crippen molar-refractivity contribution in [2.75, 3.05) is 13.6 Å². The standard InChI is InChI=1S/C28H30N6O4/c1-3-21(20-9-7-13-34(20)2)37-24-14-23(36-18-15-29-17-30-16-18)31-27(32-24)25-19-8-6-12-28(26(19)38-33-25)11-5-4-10-22(28)35/h1,14-17,20-21H,4-13H2,2H3/t20-,21-,28+/m0/s1. The fourth-order valence-corrected chi connectivity index (χ4v) is 6.12. The molecule has 0 aromatic carbocycles. The first-order chi connectivity index (χ1) is 18.6. The van der Waals surface area contributed by atoms with Crippen molar-refractivity contribution in [3.05, 3.63) is 36.1 Å². The van der Waals surface area contributed by atoms with E-state index in [1.54, 1.807) is 18.5 Å². The molecule has 2 fully saturated rings. The largest absolute Gasteiger partial charge is 0.459 e. The van der Waals surface area contributed by atoms with Gasteiger partial charge in [0.1, 0.15) is 12.1 Å². The first-order valence-electron chi connectivity index (χ1n) is 13.2. The molecule has 10 heteroatoms. The van der Waals surface area contributed by atoms with Crippen LogP contribution in [0.1, 0.15) is 62.7 Å². The van der Waals surface area contributed by atoms with Gasteiger partial charge < -0.3 is 14.0 Å². The first-order valence-corrected chi connectivity index (χ1v) is 13.2. The number of nitrogens with zero attached hydrogens (tertiary/aromatic N) is 6. The molecule has 1 aliphatic heterocycles. The Balaban J connectivity index is 1.39. The van der Waals surface area contributed by atoms with Crippen LogP contribution in [0.25, 0.3) is 11.5 Å². The fraction of sp³-hybridized carbons (Fsp3) is 0.500. The molecule has 0 N–H and O–H groups in total. The fourth-order valence-electron chi connectivity index (χ4n) is 6.12. The Morgan fingerprint density at radius 3 is 2.71 bits per heavy atom. The molecule has 3 aliphatic rings. The molecule has 0 unspecified atom stereocenters. The Hall–Kier alpha value is -3.84. The highest BCUT2D eigenvalue weighted by Crippen LogP contribution is 2.47. The van der Waals surface area contributed by atoms with Gasteiger partial charge in [0.2, 0.25) is 11.8 Å². The molecular weight excluding hydrogens is 484 g/mol. The van der Waals surface area contributed by atoms with E-state index in [1.165, 1.54) is 6.33 Å². The molecule has 0 amide bonds. The van der Waals surface area contributed by atoms with Crippen LogP contribution in [0.15, 0.2) is 29.3 Å². The molecule has 0 radical (unpaired) electrons. The van der Waals surface area contributed by atoms with E-state index in [0.717, 1.165) is 63.5 Å². The molecular formula is C28H30N6O4. The van der Waals surface area contributed by atoms with E-state index < -0.39 is 11.5 Å². The van der Waals surface area contributed by atoms with Crippen LogP contribution < -0.4 is 9.47 Å². The third-order valence-electron chi connectivity index (χ3n) is 8.03. The van der Waals surface area contributed by atoms with Gasteiger partial charge in [-0.25, -0.2) is 9.97 Å². The minimum absolute atomic E-state index is 0.0855. The second-order valence-corrected chi connectivity index (χ2v) is 10.3. The Morgan fingerprint density at radius 2 is 1.95 bits per heavy atom. The van der Waals surface area contributed by atoms with Crippen molar-refractivity contribution in [2.45, 2.75) is 75.3 Å². The number of hydrogen-bond donors (Lipinski definition) is 0. The second kappa shape index (κ2) is 10.1. The van der Waals surface area contributed by atoms with Crippen LogP contribution in [0.5, 0.6) is 17.5 Å². The molecule has 1 spiro atoms. The number of fused-ring (bicyclic) bond motifs is 2. The summed E-state index contributed by atoms with van der Waals surface area (Å²) in [6, 6.07) is 1.69. The quantitative estimate of drug-likeness (QED) is 0.448. The summed E-state index contributed by atoms with van der Waals surface area (Å²) in [5, 5.41) is 4.39. The molecule has 3 aromatic heterocycles. The van der Waals surface area contributed by atoms with Crippen molar-refractivity contribution in [3.63, 3.8) is 0 Å². The van der Waals surface area contributed by atoms with Gasteiger partial charge in [-0.1, -0.05) is 17.5 Å². The molecule has 196 valence electrons. The normalized spacial score (nSPS) is 24.1. The lowest BCUT2D eigenvalue weighted by Gasteiger charge is -2.36. The van der Waals surface area contributed by atoms with E-state index in [0.29, 0.717) is 29.4 Å². The van der Waals surface area contributed by atoms with Gasteiger partial charge in [-0.2, -0.15) is 9.97 Å². The van der Waals surface area contributed by atoms with E-state index in [-0.39, 0.29) is 23.6 Å². The number of carbonyl (C=O) groups is 1. The van der Waals surface area contributed by atoms with Gasteiger partial charge in [0.25, 0.3) is 0 Å². The third kappa shape index (κ3) is 4.41. The number of likely N-dealkylation sites (N-methyl/N-ethyl adjacent to an activating group) is 1. The number of aromatic nitrogens is 5. The summed E-state index contributed by atoms with van der Waals surface area (Å²) < 4.78 is 18.1. The molecule has 10 nitrogen and oxygen atoms in total. The number of rotatable bonds is 6. The van der Waals surface area contributed by atoms with Crippen LogP contribution in [0.3, 0.4) is 0 Å². The Kier molecular flexibility index (Phi) is 6.54. The van der Waals surface area contributed by atoms with Gasteiger partial charge in [-0.15, -0.1) is 6.42 Å². The van der Waals surface area contributed by atoms with E-state index in [9.17, 15) is 4.79 Å². The highest BCUT2D eigenvalue weighted by Gasteiger charge is 2.48. The molecule has 6 rings (SSSR count). The van der Waals surface area contributed by atoms with Gasteiger partial charge >= 0.3 is 0 Å². The maximum Gasteiger partial charge on any atom is 0.226 e. The number of Topliss-reactive ketones (excluding diaryl/α,β-unsaturated/α-hetero) is 1. The highest BCUT2D eigenvalue weighted by molar-refractivity contribution is 5.91. The van der Waals surface area contributed by atoms with Crippen molar-refractivity contribution in [1.29, 1.82) is 0 Å². The molecule has 2 aliphatic carbocycles. The molecule has 3 aromatic rings. The Morgan fingerprint density at radius 1 is 1.13 bits per heavy atom. The number of hydrogen-bond acceptors (Lipinski definition) is 10. The van der Waals surface area contributed by atoms with E-state index in [2.05, 4.69) is 30.9 Å². The maximum atomic E-state index is 13.1. The van der Waals surface area contributed by atoms with Gasteiger partial charge in [-0.3, -0.25) is 9.69 Å². The minimum Gasteiger partial charge on any atom is -0.459 e. The second-order valence-electron chi connectivity index (χ2n) is 10.3. The summed E-state index contributed by atoms with van der Waals surface area (Å²) in [6.07, 6.45) is 17.6. The number of ketones is 1. The maximum absolute atomic E-state index is 13.1. The predicted molar refractivity (Wildman–Crippen MR) is 137 cm³/mol. The zero-order valence-corrected chi connectivity index (χ0v) is 21.4. The third-order valence-corrected chi connectivity index (χ3v) is 8.03. The van der Waals surface area contributed by atoms with Gasteiger partial charge in [0, 0.05) is 12.0 Å². The summed E-state index contributed by atoms with van der Waals surface area (Å²) in [7, 11) is 2.05. The summed E-state index contributed by atoms with van der Waals surface area (Å²) >= 11 is 0. The van der Waals surface area contributed by atoms with Crippen molar-refractivity contribution in [1.82, 2.24) is 30.0 Å². The lowest BCUT2D eigenvalue weighted by molar-refractivity contribution is -0.128. The van der Waals surface area contributed by atoms with E-state index >= 15 is 0 Å². The van der Waals surface area contributed by atoms with Gasteiger partial charge in [0.15, 0.2) is 29.1 Å². The molecule has 1 saturated heterocycles. The lowest BCUT2D eigenvalue weighted by Crippen LogP contribution is -2.41. The van der Waals surface area contributed by atoms with E-state index in [1.807, 2.05) is 7.05 Å². The minimum atomic E-state index is -0.590. The van der Waals surface area contributed by atoms with Crippen LogP contribution in [0, 0.1) is 12.3 Å².